The maximum absolute atomic E-state index is 13.2. The third-order valence-corrected chi connectivity index (χ3v) is 3.28. The standard InChI is InChI=1S/C16H17F2NO/c1-11(13-7-8-14(17)15(18)9-13)19-16(10-20)12-5-3-2-4-6-12/h2-9,11,16,19-20H,10H2,1H3. The highest BCUT2D eigenvalue weighted by Crippen LogP contribution is 2.20. The molecule has 0 saturated carbocycles. The van der Waals surface area contributed by atoms with Crippen LogP contribution in [0, 0.1) is 11.6 Å². The van der Waals surface area contributed by atoms with Gasteiger partial charge in [-0.05, 0) is 30.2 Å². The molecule has 2 rings (SSSR count). The first-order valence-corrected chi connectivity index (χ1v) is 6.48. The van der Waals surface area contributed by atoms with Crippen LogP contribution in [0.25, 0.3) is 0 Å². The summed E-state index contributed by atoms with van der Waals surface area (Å²) in [5, 5.41) is 12.7. The number of benzene rings is 2. The summed E-state index contributed by atoms with van der Waals surface area (Å²) < 4.78 is 26.2. The maximum atomic E-state index is 13.2. The molecule has 2 atom stereocenters. The van der Waals surface area contributed by atoms with Gasteiger partial charge >= 0.3 is 0 Å². The lowest BCUT2D eigenvalue weighted by Gasteiger charge is -2.22. The van der Waals surface area contributed by atoms with Crippen LogP contribution in [0.15, 0.2) is 48.5 Å². The lowest BCUT2D eigenvalue weighted by atomic mass is 10.0. The van der Waals surface area contributed by atoms with Crippen LogP contribution in [0.3, 0.4) is 0 Å². The summed E-state index contributed by atoms with van der Waals surface area (Å²) in [4.78, 5) is 0. The Morgan fingerprint density at radius 1 is 1.00 bits per heavy atom. The minimum Gasteiger partial charge on any atom is -0.394 e. The van der Waals surface area contributed by atoms with E-state index < -0.39 is 11.6 Å². The van der Waals surface area contributed by atoms with Crippen molar-refractivity contribution in [3.05, 3.63) is 71.3 Å². The van der Waals surface area contributed by atoms with E-state index in [4.69, 9.17) is 0 Å². The second-order valence-corrected chi connectivity index (χ2v) is 4.71. The molecule has 0 saturated heterocycles. The van der Waals surface area contributed by atoms with Gasteiger partial charge in [-0.3, -0.25) is 0 Å². The van der Waals surface area contributed by atoms with Gasteiger partial charge in [-0.15, -0.1) is 0 Å². The third-order valence-electron chi connectivity index (χ3n) is 3.28. The fraction of sp³-hybridized carbons (Fsp3) is 0.250. The summed E-state index contributed by atoms with van der Waals surface area (Å²) in [6.45, 7) is 1.77. The molecule has 0 aliphatic heterocycles. The van der Waals surface area contributed by atoms with Gasteiger partial charge in [0, 0.05) is 6.04 Å². The van der Waals surface area contributed by atoms with E-state index in [1.165, 1.54) is 12.1 Å². The van der Waals surface area contributed by atoms with Gasteiger partial charge in [-0.2, -0.15) is 0 Å². The van der Waals surface area contributed by atoms with E-state index in [0.717, 1.165) is 11.6 Å². The Balaban J connectivity index is 2.13. The van der Waals surface area contributed by atoms with Gasteiger partial charge in [0.1, 0.15) is 0 Å². The summed E-state index contributed by atoms with van der Waals surface area (Å²) in [5.74, 6) is -1.72. The Kier molecular flexibility index (Phi) is 4.82. The van der Waals surface area contributed by atoms with Crippen LogP contribution in [0.2, 0.25) is 0 Å². The molecule has 106 valence electrons. The SMILES string of the molecule is CC(NC(CO)c1ccccc1)c1ccc(F)c(F)c1. The van der Waals surface area contributed by atoms with Crippen molar-refractivity contribution in [2.45, 2.75) is 19.0 Å². The fourth-order valence-electron chi connectivity index (χ4n) is 2.12. The Morgan fingerprint density at radius 3 is 2.30 bits per heavy atom. The first-order chi connectivity index (χ1) is 9.61. The zero-order chi connectivity index (χ0) is 14.5. The number of aliphatic hydroxyl groups is 1. The van der Waals surface area contributed by atoms with Gasteiger partial charge in [0.05, 0.1) is 12.6 Å². The minimum atomic E-state index is -0.864. The van der Waals surface area contributed by atoms with Gasteiger partial charge in [-0.25, -0.2) is 8.78 Å². The Labute approximate surface area is 117 Å². The van der Waals surface area contributed by atoms with Crippen molar-refractivity contribution >= 4 is 0 Å². The molecule has 4 heteroatoms. The van der Waals surface area contributed by atoms with Crippen LogP contribution in [0.5, 0.6) is 0 Å². The Morgan fingerprint density at radius 2 is 1.70 bits per heavy atom. The number of rotatable bonds is 5. The van der Waals surface area contributed by atoms with Gasteiger partial charge in [0.2, 0.25) is 0 Å². The molecule has 0 spiro atoms. The van der Waals surface area contributed by atoms with Crippen molar-refractivity contribution in [2.75, 3.05) is 6.61 Å². The largest absolute Gasteiger partial charge is 0.394 e. The number of aliphatic hydroxyl groups excluding tert-OH is 1. The van der Waals surface area contributed by atoms with E-state index in [2.05, 4.69) is 5.32 Å². The second kappa shape index (κ2) is 6.59. The molecule has 0 amide bonds. The molecule has 20 heavy (non-hydrogen) atoms. The van der Waals surface area contributed by atoms with E-state index in [0.29, 0.717) is 5.56 Å². The van der Waals surface area contributed by atoms with Crippen molar-refractivity contribution in [3.63, 3.8) is 0 Å². The second-order valence-electron chi connectivity index (χ2n) is 4.71. The predicted octanol–water partition coefficient (Wildman–Crippen LogP) is 3.35. The number of hydrogen-bond donors (Lipinski definition) is 2. The smallest absolute Gasteiger partial charge is 0.159 e. The molecule has 0 bridgehead atoms. The molecule has 0 heterocycles. The van der Waals surface area contributed by atoms with Gasteiger partial charge in [0.15, 0.2) is 11.6 Å². The zero-order valence-electron chi connectivity index (χ0n) is 11.2. The molecule has 2 aromatic rings. The molecule has 2 unspecified atom stereocenters. The highest BCUT2D eigenvalue weighted by atomic mass is 19.2. The molecule has 2 nitrogen and oxygen atoms in total. The van der Waals surface area contributed by atoms with Gasteiger partial charge in [-0.1, -0.05) is 36.4 Å². The highest BCUT2D eigenvalue weighted by Gasteiger charge is 2.15. The molecule has 0 aromatic heterocycles. The molecule has 0 fully saturated rings. The molecule has 2 N–H and O–H groups in total. The van der Waals surface area contributed by atoms with Crippen molar-refractivity contribution in [2.24, 2.45) is 0 Å². The van der Waals surface area contributed by atoms with Gasteiger partial charge < -0.3 is 10.4 Å². The first kappa shape index (κ1) is 14.6. The third kappa shape index (κ3) is 3.40. The molecule has 0 aliphatic carbocycles. The lowest BCUT2D eigenvalue weighted by molar-refractivity contribution is 0.235. The van der Waals surface area contributed by atoms with E-state index in [9.17, 15) is 13.9 Å². The van der Waals surface area contributed by atoms with Crippen LogP contribution >= 0.6 is 0 Å². The molecular formula is C16H17F2NO. The normalized spacial score (nSPS) is 14.0. The molecule has 0 aliphatic rings. The predicted molar refractivity (Wildman–Crippen MR) is 74.2 cm³/mol. The molecular weight excluding hydrogens is 260 g/mol. The Hall–Kier alpha value is -1.78. The number of hydrogen-bond acceptors (Lipinski definition) is 2. The summed E-state index contributed by atoms with van der Waals surface area (Å²) >= 11 is 0. The van der Waals surface area contributed by atoms with Crippen molar-refractivity contribution in [1.82, 2.24) is 5.32 Å². The van der Waals surface area contributed by atoms with Gasteiger partial charge in [0.25, 0.3) is 0 Å². The summed E-state index contributed by atoms with van der Waals surface area (Å²) in [6.07, 6.45) is 0. The highest BCUT2D eigenvalue weighted by molar-refractivity contribution is 5.23. The number of nitrogens with one attached hydrogen (secondary N) is 1. The Bertz CT molecular complexity index is 560. The van der Waals surface area contributed by atoms with Crippen LogP contribution in [-0.4, -0.2) is 11.7 Å². The van der Waals surface area contributed by atoms with E-state index >= 15 is 0 Å². The monoisotopic (exact) mass is 277 g/mol. The zero-order valence-corrected chi connectivity index (χ0v) is 11.2. The van der Waals surface area contributed by atoms with E-state index in [-0.39, 0.29) is 18.7 Å². The topological polar surface area (TPSA) is 32.3 Å². The number of halogens is 2. The maximum Gasteiger partial charge on any atom is 0.159 e. The summed E-state index contributed by atoms with van der Waals surface area (Å²) in [6, 6.07) is 12.9. The lowest BCUT2D eigenvalue weighted by Crippen LogP contribution is -2.27. The van der Waals surface area contributed by atoms with Crippen molar-refractivity contribution < 1.29 is 13.9 Å². The fourth-order valence-corrected chi connectivity index (χ4v) is 2.12. The summed E-state index contributed by atoms with van der Waals surface area (Å²) in [5.41, 5.74) is 1.59. The molecule has 2 aromatic carbocycles. The van der Waals surface area contributed by atoms with Crippen molar-refractivity contribution in [3.8, 4) is 0 Å². The minimum absolute atomic E-state index is 0.0714. The van der Waals surface area contributed by atoms with E-state index in [1.807, 2.05) is 37.3 Å². The average molecular weight is 277 g/mol. The van der Waals surface area contributed by atoms with Crippen LogP contribution < -0.4 is 5.32 Å². The summed E-state index contributed by atoms with van der Waals surface area (Å²) in [7, 11) is 0. The van der Waals surface area contributed by atoms with E-state index in [1.54, 1.807) is 0 Å². The van der Waals surface area contributed by atoms with Crippen molar-refractivity contribution in [1.29, 1.82) is 0 Å². The molecule has 0 radical (unpaired) electrons. The average Bonchev–Trinajstić information content (AvgIpc) is 2.48. The van der Waals surface area contributed by atoms with Crippen LogP contribution in [0.1, 0.15) is 30.1 Å². The first-order valence-electron chi connectivity index (χ1n) is 6.48. The van der Waals surface area contributed by atoms with Crippen LogP contribution in [0.4, 0.5) is 8.78 Å². The van der Waals surface area contributed by atoms with Crippen LogP contribution in [-0.2, 0) is 0 Å². The quantitative estimate of drug-likeness (QED) is 0.878.